The first kappa shape index (κ1) is 13.5. The molecule has 0 radical (unpaired) electrons. The summed E-state index contributed by atoms with van der Waals surface area (Å²) in [6.45, 7) is 0. The summed E-state index contributed by atoms with van der Waals surface area (Å²) in [7, 11) is 0. The Labute approximate surface area is 133 Å². The van der Waals surface area contributed by atoms with E-state index in [9.17, 15) is 0 Å². The number of aliphatic imine (C=N–C) groups is 1. The van der Waals surface area contributed by atoms with E-state index in [0.717, 1.165) is 33.4 Å². The molecule has 5 nitrogen and oxygen atoms in total. The molecular weight excluding hydrogens is 286 g/mol. The lowest BCUT2D eigenvalue weighted by molar-refractivity contribution is 0.875. The largest absolute Gasteiger partial charge is 0.399 e. The number of aromatic amines is 1. The number of anilines is 1. The van der Waals surface area contributed by atoms with E-state index in [1.54, 1.807) is 0 Å². The molecule has 0 spiro atoms. The number of nitrogens with two attached hydrogens (primary N) is 2. The summed E-state index contributed by atoms with van der Waals surface area (Å²) in [6, 6.07) is 15.7. The van der Waals surface area contributed by atoms with Crippen LogP contribution in [0.3, 0.4) is 0 Å². The fourth-order valence-electron chi connectivity index (χ4n) is 2.92. The molecule has 0 fully saturated rings. The van der Waals surface area contributed by atoms with Crippen molar-refractivity contribution in [3.63, 3.8) is 0 Å². The van der Waals surface area contributed by atoms with Gasteiger partial charge in [-0.15, -0.1) is 0 Å². The van der Waals surface area contributed by atoms with Crippen LogP contribution in [0.2, 0.25) is 0 Å². The first-order valence-corrected chi connectivity index (χ1v) is 7.45. The van der Waals surface area contributed by atoms with Crippen LogP contribution in [0.15, 0.2) is 65.8 Å². The highest BCUT2D eigenvalue weighted by Crippen LogP contribution is 2.30. The second-order valence-electron chi connectivity index (χ2n) is 5.58. The molecule has 0 saturated heterocycles. The number of fused-ring (bicyclic) bond motifs is 1. The van der Waals surface area contributed by atoms with Gasteiger partial charge in [-0.25, -0.2) is 4.99 Å². The Morgan fingerprint density at radius 3 is 2.74 bits per heavy atom. The summed E-state index contributed by atoms with van der Waals surface area (Å²) in [5, 5.41) is 4.31. The zero-order valence-electron chi connectivity index (χ0n) is 12.5. The average molecular weight is 303 g/mol. The van der Waals surface area contributed by atoms with E-state index >= 15 is 0 Å². The van der Waals surface area contributed by atoms with Crippen molar-refractivity contribution >= 4 is 28.2 Å². The number of guanidine groups is 1. The smallest absolute Gasteiger partial charge is 0.194 e. The van der Waals surface area contributed by atoms with Gasteiger partial charge in [0, 0.05) is 34.0 Å². The minimum absolute atomic E-state index is 0.150. The third-order valence-corrected chi connectivity index (χ3v) is 4.00. The molecule has 0 amide bonds. The Balaban J connectivity index is 1.80. The molecular formula is C18H17N5. The Bertz CT molecular complexity index is 935. The van der Waals surface area contributed by atoms with Gasteiger partial charge in [0.2, 0.25) is 0 Å². The number of para-hydroxylation sites is 1. The quantitative estimate of drug-likeness (QED) is 0.548. The zero-order chi connectivity index (χ0) is 15.8. The van der Waals surface area contributed by atoms with Crippen LogP contribution < -0.4 is 16.8 Å². The molecule has 1 unspecified atom stereocenters. The minimum atomic E-state index is -0.150. The maximum atomic E-state index is 6.00. The van der Waals surface area contributed by atoms with Crippen LogP contribution in [-0.2, 0) is 0 Å². The highest BCUT2D eigenvalue weighted by Gasteiger charge is 2.18. The summed E-state index contributed by atoms with van der Waals surface area (Å²) < 4.78 is 0. The molecule has 1 aromatic heterocycles. The van der Waals surface area contributed by atoms with Crippen LogP contribution in [0.25, 0.3) is 16.6 Å². The van der Waals surface area contributed by atoms with E-state index in [-0.39, 0.29) is 6.04 Å². The van der Waals surface area contributed by atoms with Crippen LogP contribution >= 0.6 is 0 Å². The second kappa shape index (κ2) is 5.21. The molecule has 1 aliphatic rings. The summed E-state index contributed by atoms with van der Waals surface area (Å²) in [6.07, 6.45) is 4.05. The number of nitrogens with zero attached hydrogens (tertiary/aromatic N) is 1. The van der Waals surface area contributed by atoms with Gasteiger partial charge in [0.15, 0.2) is 5.96 Å². The molecule has 23 heavy (non-hydrogen) atoms. The SMILES string of the molecule is NC1=NC(c2cccc(N)c2)C=C(c2c[nH]c3ccccc23)N1. The fourth-order valence-corrected chi connectivity index (χ4v) is 2.92. The molecule has 0 bridgehead atoms. The lowest BCUT2D eigenvalue weighted by Crippen LogP contribution is -2.33. The van der Waals surface area contributed by atoms with Gasteiger partial charge in [0.05, 0.1) is 6.04 Å². The molecule has 5 heteroatoms. The Kier molecular flexibility index (Phi) is 3.05. The van der Waals surface area contributed by atoms with Crippen molar-refractivity contribution in [3.05, 3.63) is 71.9 Å². The van der Waals surface area contributed by atoms with Gasteiger partial charge in [-0.05, 0) is 29.8 Å². The minimum Gasteiger partial charge on any atom is -0.399 e. The van der Waals surface area contributed by atoms with Gasteiger partial charge in [-0.2, -0.15) is 0 Å². The number of H-pyrrole nitrogens is 1. The maximum absolute atomic E-state index is 6.00. The molecule has 1 atom stereocenters. The highest BCUT2D eigenvalue weighted by atomic mass is 15.1. The number of hydrogen-bond donors (Lipinski definition) is 4. The fraction of sp³-hybridized carbons (Fsp3) is 0.0556. The first-order valence-electron chi connectivity index (χ1n) is 7.45. The third kappa shape index (κ3) is 2.42. The predicted octanol–water partition coefficient (Wildman–Crippen LogP) is 2.75. The van der Waals surface area contributed by atoms with Crippen molar-refractivity contribution in [3.8, 4) is 0 Å². The molecule has 6 N–H and O–H groups in total. The third-order valence-electron chi connectivity index (χ3n) is 4.00. The van der Waals surface area contributed by atoms with Crippen LogP contribution in [0.5, 0.6) is 0 Å². The summed E-state index contributed by atoms with van der Waals surface area (Å²) in [5.74, 6) is 0.403. The second-order valence-corrected chi connectivity index (χ2v) is 5.58. The van der Waals surface area contributed by atoms with Gasteiger partial charge >= 0.3 is 0 Å². The van der Waals surface area contributed by atoms with E-state index < -0.39 is 0 Å². The van der Waals surface area contributed by atoms with Crippen molar-refractivity contribution in [2.45, 2.75) is 6.04 Å². The number of nitrogen functional groups attached to an aromatic ring is 1. The van der Waals surface area contributed by atoms with Gasteiger partial charge < -0.3 is 21.8 Å². The lowest BCUT2D eigenvalue weighted by atomic mass is 10.0. The van der Waals surface area contributed by atoms with Crippen LogP contribution in [0, 0.1) is 0 Å². The van der Waals surface area contributed by atoms with Crippen molar-refractivity contribution in [1.82, 2.24) is 10.3 Å². The number of aromatic nitrogens is 1. The van der Waals surface area contributed by atoms with E-state index in [1.165, 1.54) is 0 Å². The molecule has 2 heterocycles. The van der Waals surface area contributed by atoms with Crippen molar-refractivity contribution in [2.24, 2.45) is 10.7 Å². The molecule has 1 aliphatic heterocycles. The number of rotatable bonds is 2. The van der Waals surface area contributed by atoms with Gasteiger partial charge in [-0.1, -0.05) is 30.3 Å². The van der Waals surface area contributed by atoms with E-state index in [1.807, 2.05) is 42.6 Å². The molecule has 4 rings (SSSR count). The average Bonchev–Trinajstić information content (AvgIpc) is 2.98. The Morgan fingerprint density at radius 1 is 1.00 bits per heavy atom. The topological polar surface area (TPSA) is 92.2 Å². The molecule has 3 aromatic rings. The molecule has 0 saturated carbocycles. The van der Waals surface area contributed by atoms with Gasteiger partial charge in [0.1, 0.15) is 0 Å². The standard InChI is InChI=1S/C18H17N5/c19-12-5-3-4-11(8-12)16-9-17(23-18(20)22-16)14-10-21-15-7-2-1-6-13(14)15/h1-10,16,21H,19H2,(H3,20,22,23). The van der Waals surface area contributed by atoms with Crippen LogP contribution in [-0.4, -0.2) is 10.9 Å². The van der Waals surface area contributed by atoms with Crippen LogP contribution in [0.1, 0.15) is 17.2 Å². The molecule has 0 aliphatic carbocycles. The van der Waals surface area contributed by atoms with E-state index in [2.05, 4.69) is 33.5 Å². The lowest BCUT2D eigenvalue weighted by Gasteiger charge is -2.20. The summed E-state index contributed by atoms with van der Waals surface area (Å²) in [5.41, 5.74) is 16.7. The maximum Gasteiger partial charge on any atom is 0.194 e. The predicted molar refractivity (Wildman–Crippen MR) is 94.6 cm³/mol. The van der Waals surface area contributed by atoms with Gasteiger partial charge in [-0.3, -0.25) is 0 Å². The number of nitrogens with one attached hydrogen (secondary N) is 2. The Hall–Kier alpha value is -3.21. The summed E-state index contributed by atoms with van der Waals surface area (Å²) >= 11 is 0. The highest BCUT2D eigenvalue weighted by molar-refractivity contribution is 5.98. The van der Waals surface area contributed by atoms with Crippen LogP contribution in [0.4, 0.5) is 5.69 Å². The molecule has 2 aromatic carbocycles. The summed E-state index contributed by atoms with van der Waals surface area (Å²) in [4.78, 5) is 7.76. The molecule has 114 valence electrons. The van der Waals surface area contributed by atoms with Gasteiger partial charge in [0.25, 0.3) is 0 Å². The number of hydrogen-bond acceptors (Lipinski definition) is 4. The number of benzene rings is 2. The van der Waals surface area contributed by atoms with Crippen molar-refractivity contribution < 1.29 is 0 Å². The zero-order valence-corrected chi connectivity index (χ0v) is 12.5. The normalized spacial score (nSPS) is 17.5. The monoisotopic (exact) mass is 303 g/mol. The Morgan fingerprint density at radius 2 is 1.87 bits per heavy atom. The van der Waals surface area contributed by atoms with E-state index in [0.29, 0.717) is 5.96 Å². The first-order chi connectivity index (χ1) is 11.2. The van der Waals surface area contributed by atoms with Crippen molar-refractivity contribution in [2.75, 3.05) is 5.73 Å². The van der Waals surface area contributed by atoms with E-state index in [4.69, 9.17) is 11.5 Å². The van der Waals surface area contributed by atoms with Crippen molar-refractivity contribution in [1.29, 1.82) is 0 Å².